The smallest absolute Gasteiger partial charge is 0.242 e. The lowest BCUT2D eigenvalue weighted by molar-refractivity contribution is -0.140. The number of nitrogens with zero attached hydrogens (tertiary/aromatic N) is 1. The fourth-order valence-corrected chi connectivity index (χ4v) is 4.61. The number of hydrogen-bond donors (Lipinski definition) is 1. The number of hydrogen-bond acceptors (Lipinski definition) is 2. The second-order valence-corrected chi connectivity index (χ2v) is 9.84. The third kappa shape index (κ3) is 6.96. The Morgan fingerprint density at radius 3 is 2.42 bits per heavy atom. The summed E-state index contributed by atoms with van der Waals surface area (Å²) in [6.45, 7) is 2.13. The molecule has 2 aromatic rings. The molecule has 1 fully saturated rings. The molecule has 31 heavy (non-hydrogen) atoms. The zero-order chi connectivity index (χ0) is 22.4. The molecular weight excluding hydrogens is 499 g/mol. The predicted molar refractivity (Wildman–Crippen MR) is 129 cm³/mol. The van der Waals surface area contributed by atoms with Gasteiger partial charge in [-0.1, -0.05) is 76.6 Å². The first-order valence-electron chi connectivity index (χ1n) is 10.6. The molecule has 1 aliphatic carbocycles. The van der Waals surface area contributed by atoms with Gasteiger partial charge in [0.15, 0.2) is 0 Å². The molecule has 1 atom stereocenters. The summed E-state index contributed by atoms with van der Waals surface area (Å²) in [5.41, 5.74) is 1.65. The highest BCUT2D eigenvalue weighted by Crippen LogP contribution is 2.23. The Bertz CT molecular complexity index is 914. The number of carbonyl (C=O) groups is 2. The van der Waals surface area contributed by atoms with Crippen LogP contribution in [-0.2, 0) is 22.6 Å². The predicted octanol–water partition coefficient (Wildman–Crippen LogP) is 6.16. The van der Waals surface area contributed by atoms with Gasteiger partial charge in [-0.05, 0) is 55.2 Å². The maximum atomic E-state index is 13.3. The Hall–Kier alpha value is -1.56. The van der Waals surface area contributed by atoms with E-state index >= 15 is 0 Å². The third-order valence-corrected chi connectivity index (χ3v) is 6.86. The van der Waals surface area contributed by atoms with E-state index in [2.05, 4.69) is 21.2 Å². The molecule has 166 valence electrons. The molecule has 0 saturated heterocycles. The first-order chi connectivity index (χ1) is 14.8. The standard InChI is InChI=1S/C24H27BrCl2N2O2/c1-16(24(31)28-21-5-3-2-4-6-21)29(15-17-7-10-19(25)11-8-17)23(30)13-18-9-12-20(26)14-22(18)27/h7-12,14,16,21H,2-6,13,15H2,1H3,(H,28,31). The van der Waals surface area contributed by atoms with Crippen LogP contribution in [0.2, 0.25) is 10.0 Å². The van der Waals surface area contributed by atoms with Crippen molar-refractivity contribution in [2.24, 2.45) is 0 Å². The van der Waals surface area contributed by atoms with Crippen LogP contribution >= 0.6 is 39.1 Å². The summed E-state index contributed by atoms with van der Waals surface area (Å²) in [6, 6.07) is 12.5. The van der Waals surface area contributed by atoms with E-state index in [0.717, 1.165) is 35.7 Å². The van der Waals surface area contributed by atoms with E-state index in [1.165, 1.54) is 6.42 Å². The number of rotatable bonds is 7. The van der Waals surface area contributed by atoms with Gasteiger partial charge in [0.2, 0.25) is 11.8 Å². The van der Waals surface area contributed by atoms with Crippen molar-refractivity contribution >= 4 is 50.9 Å². The molecule has 1 N–H and O–H groups in total. The quantitative estimate of drug-likeness (QED) is 0.470. The molecule has 2 aromatic carbocycles. The van der Waals surface area contributed by atoms with E-state index in [0.29, 0.717) is 22.2 Å². The normalized spacial score (nSPS) is 15.4. The molecule has 0 bridgehead atoms. The lowest BCUT2D eigenvalue weighted by atomic mass is 9.95. The van der Waals surface area contributed by atoms with E-state index in [9.17, 15) is 9.59 Å². The number of halogens is 3. The second kappa shape index (κ2) is 11.3. The highest BCUT2D eigenvalue weighted by Gasteiger charge is 2.28. The van der Waals surface area contributed by atoms with Crippen LogP contribution in [0.4, 0.5) is 0 Å². The van der Waals surface area contributed by atoms with Crippen LogP contribution in [0.3, 0.4) is 0 Å². The van der Waals surface area contributed by atoms with Crippen molar-refractivity contribution in [3.63, 3.8) is 0 Å². The summed E-state index contributed by atoms with van der Waals surface area (Å²) in [4.78, 5) is 27.9. The third-order valence-electron chi connectivity index (χ3n) is 5.74. The Labute approximate surface area is 202 Å². The molecule has 1 aliphatic rings. The van der Waals surface area contributed by atoms with Crippen LogP contribution in [0.5, 0.6) is 0 Å². The molecule has 2 amide bonds. The van der Waals surface area contributed by atoms with Crippen molar-refractivity contribution in [2.45, 2.75) is 64.1 Å². The van der Waals surface area contributed by atoms with Gasteiger partial charge in [0, 0.05) is 27.1 Å². The number of carbonyl (C=O) groups excluding carboxylic acids is 2. The van der Waals surface area contributed by atoms with Gasteiger partial charge in [0.1, 0.15) is 6.04 Å². The van der Waals surface area contributed by atoms with Crippen molar-refractivity contribution in [1.82, 2.24) is 10.2 Å². The van der Waals surface area contributed by atoms with Crippen molar-refractivity contribution in [2.75, 3.05) is 0 Å². The van der Waals surface area contributed by atoms with Crippen LogP contribution in [0, 0.1) is 0 Å². The van der Waals surface area contributed by atoms with Crippen LogP contribution in [0.25, 0.3) is 0 Å². The SMILES string of the molecule is CC(C(=O)NC1CCCCC1)N(Cc1ccc(Br)cc1)C(=O)Cc1ccc(Cl)cc1Cl. The number of amides is 2. The van der Waals surface area contributed by atoms with Crippen molar-refractivity contribution < 1.29 is 9.59 Å². The Morgan fingerprint density at radius 1 is 1.10 bits per heavy atom. The minimum atomic E-state index is -0.593. The first kappa shape index (κ1) is 24.1. The van der Waals surface area contributed by atoms with E-state index in [1.54, 1.807) is 30.0 Å². The minimum absolute atomic E-state index is 0.105. The van der Waals surface area contributed by atoms with Crippen molar-refractivity contribution in [1.29, 1.82) is 0 Å². The molecule has 0 aromatic heterocycles. The van der Waals surface area contributed by atoms with Gasteiger partial charge in [0.05, 0.1) is 6.42 Å². The summed E-state index contributed by atoms with van der Waals surface area (Å²) in [5.74, 6) is -0.266. The van der Waals surface area contributed by atoms with Crippen molar-refractivity contribution in [3.05, 3.63) is 68.1 Å². The molecular formula is C24H27BrCl2N2O2. The first-order valence-corrected chi connectivity index (χ1v) is 12.2. The highest BCUT2D eigenvalue weighted by molar-refractivity contribution is 9.10. The largest absolute Gasteiger partial charge is 0.352 e. The minimum Gasteiger partial charge on any atom is -0.352 e. The summed E-state index contributed by atoms with van der Waals surface area (Å²) in [5, 5.41) is 4.12. The zero-order valence-electron chi connectivity index (χ0n) is 17.5. The van der Waals surface area contributed by atoms with E-state index in [4.69, 9.17) is 23.2 Å². The summed E-state index contributed by atoms with van der Waals surface area (Å²) in [6.07, 6.45) is 5.59. The van der Waals surface area contributed by atoms with E-state index < -0.39 is 6.04 Å². The Balaban J connectivity index is 1.77. The van der Waals surface area contributed by atoms with Gasteiger partial charge >= 0.3 is 0 Å². The lowest BCUT2D eigenvalue weighted by Crippen LogP contribution is -2.50. The van der Waals surface area contributed by atoms with Crippen LogP contribution in [-0.4, -0.2) is 28.8 Å². The van der Waals surface area contributed by atoms with Crippen molar-refractivity contribution in [3.8, 4) is 0 Å². The molecule has 0 radical (unpaired) electrons. The highest BCUT2D eigenvalue weighted by atomic mass is 79.9. The average Bonchev–Trinajstić information content (AvgIpc) is 2.75. The van der Waals surface area contributed by atoms with Gasteiger partial charge in [0.25, 0.3) is 0 Å². The number of nitrogens with one attached hydrogen (secondary N) is 1. The van der Waals surface area contributed by atoms with Gasteiger partial charge in [-0.25, -0.2) is 0 Å². The molecule has 0 heterocycles. The fraction of sp³-hybridized carbons (Fsp3) is 0.417. The molecule has 3 rings (SSSR count). The van der Waals surface area contributed by atoms with Gasteiger partial charge in [-0.2, -0.15) is 0 Å². The van der Waals surface area contributed by atoms with Crippen LogP contribution < -0.4 is 5.32 Å². The second-order valence-electron chi connectivity index (χ2n) is 8.08. The van der Waals surface area contributed by atoms with E-state index in [1.807, 2.05) is 24.3 Å². The van der Waals surface area contributed by atoms with Gasteiger partial charge in [-0.15, -0.1) is 0 Å². The van der Waals surface area contributed by atoms with Crippen LogP contribution in [0.15, 0.2) is 46.9 Å². The summed E-state index contributed by atoms with van der Waals surface area (Å²) in [7, 11) is 0. The number of benzene rings is 2. The fourth-order valence-electron chi connectivity index (χ4n) is 3.87. The van der Waals surface area contributed by atoms with Gasteiger partial charge < -0.3 is 10.2 Å². The Morgan fingerprint density at radius 2 is 1.77 bits per heavy atom. The maximum Gasteiger partial charge on any atom is 0.242 e. The molecule has 0 spiro atoms. The topological polar surface area (TPSA) is 49.4 Å². The zero-order valence-corrected chi connectivity index (χ0v) is 20.6. The molecule has 4 nitrogen and oxygen atoms in total. The van der Waals surface area contributed by atoms with Crippen LogP contribution in [0.1, 0.15) is 50.2 Å². The Kier molecular flexibility index (Phi) is 8.82. The van der Waals surface area contributed by atoms with E-state index in [-0.39, 0.29) is 24.3 Å². The summed E-state index contributed by atoms with van der Waals surface area (Å²) < 4.78 is 0.963. The molecule has 0 aliphatic heterocycles. The molecule has 1 unspecified atom stereocenters. The lowest BCUT2D eigenvalue weighted by Gasteiger charge is -2.31. The average molecular weight is 526 g/mol. The monoisotopic (exact) mass is 524 g/mol. The molecule has 7 heteroatoms. The summed E-state index contributed by atoms with van der Waals surface area (Å²) >= 11 is 15.7. The molecule has 1 saturated carbocycles. The maximum absolute atomic E-state index is 13.3. The van der Waals surface area contributed by atoms with Gasteiger partial charge in [-0.3, -0.25) is 9.59 Å².